The lowest BCUT2D eigenvalue weighted by Crippen LogP contribution is -2.13. The molecule has 0 aliphatic rings. The van der Waals surface area contributed by atoms with E-state index in [1.807, 2.05) is 10.8 Å². The highest BCUT2D eigenvalue weighted by Crippen LogP contribution is 2.26. The van der Waals surface area contributed by atoms with Crippen LogP contribution in [0.25, 0.3) is 0 Å². The fourth-order valence-corrected chi connectivity index (χ4v) is 2.63. The van der Waals surface area contributed by atoms with Crippen LogP contribution >= 0.6 is 23.4 Å². The summed E-state index contributed by atoms with van der Waals surface area (Å²) in [6, 6.07) is 4.21. The number of rotatable bonds is 5. The number of nitrogens with zero attached hydrogens (tertiary/aromatic N) is 3. The van der Waals surface area contributed by atoms with E-state index in [4.69, 9.17) is 11.6 Å². The SMILES string of the molecule is CCCSC/C(=N\c1ccc(F)cc1Cl)n1ccnc1. The molecule has 3 nitrogen and oxygen atoms in total. The van der Waals surface area contributed by atoms with E-state index >= 15 is 0 Å². The largest absolute Gasteiger partial charge is 0.293 e. The molecule has 20 heavy (non-hydrogen) atoms. The summed E-state index contributed by atoms with van der Waals surface area (Å²) < 4.78 is 14.9. The molecule has 0 saturated carbocycles. The second kappa shape index (κ2) is 7.45. The highest BCUT2D eigenvalue weighted by atomic mass is 35.5. The van der Waals surface area contributed by atoms with Crippen molar-refractivity contribution in [2.45, 2.75) is 13.3 Å². The molecule has 0 radical (unpaired) electrons. The van der Waals surface area contributed by atoms with Gasteiger partial charge in [-0.2, -0.15) is 11.8 Å². The lowest BCUT2D eigenvalue weighted by Gasteiger charge is -2.08. The van der Waals surface area contributed by atoms with Gasteiger partial charge in [-0.1, -0.05) is 18.5 Å². The summed E-state index contributed by atoms with van der Waals surface area (Å²) in [6.07, 6.45) is 6.34. The van der Waals surface area contributed by atoms with Gasteiger partial charge >= 0.3 is 0 Å². The van der Waals surface area contributed by atoms with Gasteiger partial charge in [-0.3, -0.25) is 4.57 Å². The Morgan fingerprint density at radius 2 is 2.35 bits per heavy atom. The minimum absolute atomic E-state index is 0.308. The van der Waals surface area contributed by atoms with E-state index in [0.29, 0.717) is 10.7 Å². The lowest BCUT2D eigenvalue weighted by molar-refractivity contribution is 0.628. The van der Waals surface area contributed by atoms with E-state index in [9.17, 15) is 4.39 Å². The topological polar surface area (TPSA) is 30.2 Å². The zero-order valence-electron chi connectivity index (χ0n) is 11.1. The van der Waals surface area contributed by atoms with Crippen molar-refractivity contribution in [1.29, 1.82) is 0 Å². The molecular formula is C14H15ClFN3S. The standard InChI is InChI=1S/C14H15ClFN3S/c1-2-7-20-9-14(19-6-5-17-10-19)18-13-4-3-11(16)8-12(13)15/h3-6,8,10H,2,7,9H2,1H3/b18-14+. The third-order valence-electron chi connectivity index (χ3n) is 2.54. The molecule has 0 unspecified atom stereocenters. The van der Waals surface area contributed by atoms with E-state index in [2.05, 4.69) is 16.9 Å². The maximum atomic E-state index is 13.1. The lowest BCUT2D eigenvalue weighted by atomic mass is 10.3. The van der Waals surface area contributed by atoms with Crippen molar-refractivity contribution in [3.63, 3.8) is 0 Å². The molecule has 0 fully saturated rings. The Labute approximate surface area is 126 Å². The fraction of sp³-hybridized carbons (Fsp3) is 0.286. The van der Waals surface area contributed by atoms with Crippen LogP contribution in [0.4, 0.5) is 10.1 Å². The predicted octanol–water partition coefficient (Wildman–Crippen LogP) is 4.40. The molecule has 0 aliphatic heterocycles. The van der Waals surface area contributed by atoms with E-state index in [0.717, 1.165) is 23.8 Å². The molecule has 1 aromatic heterocycles. The minimum atomic E-state index is -0.363. The van der Waals surface area contributed by atoms with E-state index in [-0.39, 0.29) is 5.82 Å². The van der Waals surface area contributed by atoms with Crippen molar-refractivity contribution < 1.29 is 4.39 Å². The first-order valence-electron chi connectivity index (χ1n) is 6.29. The maximum absolute atomic E-state index is 13.1. The normalized spacial score (nSPS) is 11.8. The van der Waals surface area contributed by atoms with Crippen LogP contribution < -0.4 is 0 Å². The second-order valence-corrected chi connectivity index (χ2v) is 5.66. The van der Waals surface area contributed by atoms with Crippen LogP contribution in [0.2, 0.25) is 5.02 Å². The number of aromatic nitrogens is 2. The summed E-state index contributed by atoms with van der Waals surface area (Å²) in [5.41, 5.74) is 0.564. The highest BCUT2D eigenvalue weighted by Gasteiger charge is 2.06. The molecule has 0 N–H and O–H groups in total. The van der Waals surface area contributed by atoms with Crippen LogP contribution in [0.15, 0.2) is 41.9 Å². The minimum Gasteiger partial charge on any atom is -0.293 e. The van der Waals surface area contributed by atoms with Gasteiger partial charge in [-0.05, 0) is 30.4 Å². The number of hydrogen-bond donors (Lipinski definition) is 0. The van der Waals surface area contributed by atoms with Crippen molar-refractivity contribution in [1.82, 2.24) is 9.55 Å². The Kier molecular flexibility index (Phi) is 5.61. The van der Waals surface area contributed by atoms with Crippen LogP contribution in [0.3, 0.4) is 0 Å². The molecule has 1 heterocycles. The van der Waals surface area contributed by atoms with Crippen LogP contribution in [0, 0.1) is 5.82 Å². The quantitative estimate of drug-likeness (QED) is 0.465. The van der Waals surface area contributed by atoms with Crippen molar-refractivity contribution >= 4 is 34.9 Å². The highest BCUT2D eigenvalue weighted by molar-refractivity contribution is 7.99. The van der Waals surface area contributed by atoms with Gasteiger partial charge in [0.05, 0.1) is 16.5 Å². The van der Waals surface area contributed by atoms with Crippen LogP contribution in [0.5, 0.6) is 0 Å². The van der Waals surface area contributed by atoms with Crippen LogP contribution in [-0.4, -0.2) is 26.9 Å². The molecule has 0 bridgehead atoms. The Hall–Kier alpha value is -1.33. The molecular weight excluding hydrogens is 297 g/mol. The summed E-state index contributed by atoms with van der Waals surface area (Å²) in [5.74, 6) is 2.27. The summed E-state index contributed by atoms with van der Waals surface area (Å²) in [4.78, 5) is 8.56. The zero-order valence-corrected chi connectivity index (χ0v) is 12.7. The molecule has 0 spiro atoms. The molecule has 106 valence electrons. The Morgan fingerprint density at radius 1 is 1.50 bits per heavy atom. The second-order valence-electron chi connectivity index (χ2n) is 4.15. The molecule has 6 heteroatoms. The molecule has 0 aliphatic carbocycles. The first-order valence-corrected chi connectivity index (χ1v) is 7.82. The average Bonchev–Trinajstić information content (AvgIpc) is 2.94. The summed E-state index contributed by atoms with van der Waals surface area (Å²) >= 11 is 7.81. The molecule has 2 aromatic rings. The van der Waals surface area contributed by atoms with E-state index < -0.39 is 0 Å². The van der Waals surface area contributed by atoms with Gasteiger partial charge in [0.2, 0.25) is 0 Å². The Bertz CT molecular complexity index is 584. The van der Waals surface area contributed by atoms with Crippen molar-refractivity contribution in [3.8, 4) is 0 Å². The molecule has 0 saturated heterocycles. The van der Waals surface area contributed by atoms with Gasteiger partial charge in [0, 0.05) is 12.4 Å². The third kappa shape index (κ3) is 4.08. The summed E-state index contributed by atoms with van der Waals surface area (Å²) in [7, 11) is 0. The van der Waals surface area contributed by atoms with Gasteiger partial charge in [-0.15, -0.1) is 0 Å². The van der Waals surface area contributed by atoms with E-state index in [1.54, 1.807) is 30.4 Å². The molecule has 0 atom stereocenters. The van der Waals surface area contributed by atoms with E-state index in [1.165, 1.54) is 12.1 Å². The number of thioether (sulfide) groups is 1. The number of halogens is 2. The number of aliphatic imine (C=N–C) groups is 1. The first kappa shape index (κ1) is 15.1. The monoisotopic (exact) mass is 311 g/mol. The van der Waals surface area contributed by atoms with Gasteiger partial charge in [0.25, 0.3) is 0 Å². The molecule has 2 rings (SSSR count). The zero-order chi connectivity index (χ0) is 14.4. The first-order chi connectivity index (χ1) is 9.70. The summed E-state index contributed by atoms with van der Waals surface area (Å²) in [5, 5.41) is 0.308. The van der Waals surface area contributed by atoms with Gasteiger partial charge in [0.15, 0.2) is 0 Å². The Balaban J connectivity index is 2.27. The Morgan fingerprint density at radius 3 is 3.00 bits per heavy atom. The molecule has 0 amide bonds. The van der Waals surface area contributed by atoms with Crippen molar-refractivity contribution in [2.24, 2.45) is 4.99 Å². The van der Waals surface area contributed by atoms with Crippen LogP contribution in [0.1, 0.15) is 13.3 Å². The third-order valence-corrected chi connectivity index (χ3v) is 4.00. The van der Waals surface area contributed by atoms with Gasteiger partial charge < -0.3 is 0 Å². The smallest absolute Gasteiger partial charge is 0.124 e. The summed E-state index contributed by atoms with van der Waals surface area (Å²) in [6.45, 7) is 2.14. The number of imidazole rings is 1. The number of benzene rings is 1. The maximum Gasteiger partial charge on any atom is 0.124 e. The molecule has 1 aromatic carbocycles. The van der Waals surface area contributed by atoms with Crippen molar-refractivity contribution in [3.05, 3.63) is 47.8 Å². The fourth-order valence-electron chi connectivity index (χ4n) is 1.60. The number of hydrogen-bond acceptors (Lipinski definition) is 3. The average molecular weight is 312 g/mol. The van der Waals surface area contributed by atoms with Crippen LogP contribution in [-0.2, 0) is 0 Å². The van der Waals surface area contributed by atoms with Crippen molar-refractivity contribution in [2.75, 3.05) is 11.5 Å². The predicted molar refractivity (Wildman–Crippen MR) is 83.7 cm³/mol. The van der Waals surface area contributed by atoms with Gasteiger partial charge in [-0.25, -0.2) is 14.4 Å². The van der Waals surface area contributed by atoms with Gasteiger partial charge in [0.1, 0.15) is 18.0 Å².